The molecular weight excluding hydrogens is 270 g/mol. The molecule has 1 heterocycles. The van der Waals surface area contributed by atoms with Crippen molar-refractivity contribution in [3.63, 3.8) is 0 Å². The standard InChI is InChI=1S/C12H16ClN3OS/c13-11-5-8(12(14)16-17)1-2-9(11)6-15-10-3-4-18-7-10/h1-2,5,10,15,17H,3-4,6-7H2,(H2,14,16). The van der Waals surface area contributed by atoms with Gasteiger partial charge in [-0.15, -0.1) is 0 Å². The van der Waals surface area contributed by atoms with E-state index in [1.54, 1.807) is 12.1 Å². The molecular formula is C12H16ClN3OS. The Morgan fingerprint density at radius 3 is 3.06 bits per heavy atom. The molecule has 6 heteroatoms. The Hall–Kier alpha value is -0.910. The average molecular weight is 286 g/mol. The van der Waals surface area contributed by atoms with Crippen LogP contribution in [0.15, 0.2) is 23.4 Å². The van der Waals surface area contributed by atoms with Gasteiger partial charge in [0.05, 0.1) is 0 Å². The number of halogens is 1. The van der Waals surface area contributed by atoms with Gasteiger partial charge in [0.1, 0.15) is 0 Å². The van der Waals surface area contributed by atoms with Crippen molar-refractivity contribution in [2.75, 3.05) is 11.5 Å². The number of oxime groups is 1. The van der Waals surface area contributed by atoms with Crippen molar-refractivity contribution in [2.45, 2.75) is 19.0 Å². The lowest BCUT2D eigenvalue weighted by Crippen LogP contribution is -2.28. The number of thioether (sulfide) groups is 1. The van der Waals surface area contributed by atoms with Crippen LogP contribution in [-0.2, 0) is 6.54 Å². The number of nitrogens with one attached hydrogen (secondary N) is 1. The zero-order valence-electron chi connectivity index (χ0n) is 9.90. The highest BCUT2D eigenvalue weighted by molar-refractivity contribution is 7.99. The Balaban J connectivity index is 2.00. The molecule has 0 radical (unpaired) electrons. The molecule has 0 bridgehead atoms. The van der Waals surface area contributed by atoms with E-state index in [1.165, 1.54) is 17.9 Å². The minimum absolute atomic E-state index is 0.0728. The summed E-state index contributed by atoms with van der Waals surface area (Å²) in [5.41, 5.74) is 7.17. The van der Waals surface area contributed by atoms with Gasteiger partial charge in [-0.3, -0.25) is 0 Å². The van der Waals surface area contributed by atoms with Crippen LogP contribution in [0.5, 0.6) is 0 Å². The van der Waals surface area contributed by atoms with Crippen molar-refractivity contribution in [3.8, 4) is 0 Å². The highest BCUT2D eigenvalue weighted by atomic mass is 35.5. The molecule has 1 aromatic carbocycles. The van der Waals surface area contributed by atoms with Gasteiger partial charge in [0, 0.05) is 28.9 Å². The van der Waals surface area contributed by atoms with Gasteiger partial charge in [-0.05, 0) is 23.8 Å². The Kier molecular flexibility index (Phi) is 4.74. The van der Waals surface area contributed by atoms with Crippen molar-refractivity contribution in [2.24, 2.45) is 10.9 Å². The monoisotopic (exact) mass is 285 g/mol. The first-order chi connectivity index (χ1) is 8.70. The third-order valence-corrected chi connectivity index (χ3v) is 4.48. The second kappa shape index (κ2) is 6.31. The molecule has 1 atom stereocenters. The highest BCUT2D eigenvalue weighted by Crippen LogP contribution is 2.20. The van der Waals surface area contributed by atoms with Gasteiger partial charge in [0.15, 0.2) is 5.84 Å². The quantitative estimate of drug-likeness (QED) is 0.343. The fourth-order valence-electron chi connectivity index (χ4n) is 1.86. The molecule has 0 aromatic heterocycles. The lowest BCUT2D eigenvalue weighted by atomic mass is 10.1. The van der Waals surface area contributed by atoms with E-state index in [0.29, 0.717) is 16.6 Å². The Morgan fingerprint density at radius 2 is 2.44 bits per heavy atom. The second-order valence-electron chi connectivity index (χ2n) is 4.23. The third-order valence-electron chi connectivity index (χ3n) is 2.97. The summed E-state index contributed by atoms with van der Waals surface area (Å²) in [5, 5.41) is 15.7. The van der Waals surface area contributed by atoms with Crippen LogP contribution < -0.4 is 11.1 Å². The van der Waals surface area contributed by atoms with E-state index in [9.17, 15) is 0 Å². The topological polar surface area (TPSA) is 70.6 Å². The molecule has 0 amide bonds. The summed E-state index contributed by atoms with van der Waals surface area (Å²) in [6, 6.07) is 6.01. The number of nitrogens with two attached hydrogens (primary N) is 1. The Morgan fingerprint density at radius 1 is 1.61 bits per heavy atom. The molecule has 18 heavy (non-hydrogen) atoms. The molecule has 0 saturated carbocycles. The van der Waals surface area contributed by atoms with Crippen LogP contribution in [0.2, 0.25) is 5.02 Å². The predicted molar refractivity (Wildman–Crippen MR) is 76.5 cm³/mol. The van der Waals surface area contributed by atoms with E-state index in [0.717, 1.165) is 12.1 Å². The summed E-state index contributed by atoms with van der Waals surface area (Å²) in [6.07, 6.45) is 1.21. The fourth-order valence-corrected chi connectivity index (χ4v) is 3.29. The predicted octanol–water partition coefficient (Wildman–Crippen LogP) is 2.03. The Labute approximate surface area is 116 Å². The largest absolute Gasteiger partial charge is 0.409 e. The van der Waals surface area contributed by atoms with Gasteiger partial charge < -0.3 is 16.3 Å². The van der Waals surface area contributed by atoms with E-state index in [4.69, 9.17) is 22.5 Å². The van der Waals surface area contributed by atoms with Gasteiger partial charge in [-0.1, -0.05) is 28.9 Å². The van der Waals surface area contributed by atoms with Crippen LogP contribution in [0.4, 0.5) is 0 Å². The fraction of sp³-hybridized carbons (Fsp3) is 0.417. The van der Waals surface area contributed by atoms with Crippen molar-refractivity contribution in [1.82, 2.24) is 5.32 Å². The number of hydrogen-bond acceptors (Lipinski definition) is 4. The summed E-state index contributed by atoms with van der Waals surface area (Å²) in [7, 11) is 0. The lowest BCUT2D eigenvalue weighted by molar-refractivity contribution is 0.318. The maximum absolute atomic E-state index is 8.60. The molecule has 4 N–H and O–H groups in total. The molecule has 0 aliphatic carbocycles. The first-order valence-corrected chi connectivity index (χ1v) is 7.31. The van der Waals surface area contributed by atoms with Crippen LogP contribution in [0.3, 0.4) is 0 Å². The number of amidine groups is 1. The molecule has 1 fully saturated rings. The van der Waals surface area contributed by atoms with E-state index in [-0.39, 0.29) is 5.84 Å². The minimum atomic E-state index is 0.0728. The van der Waals surface area contributed by atoms with Crippen LogP contribution in [0, 0.1) is 0 Å². The van der Waals surface area contributed by atoms with Gasteiger partial charge in [0.25, 0.3) is 0 Å². The van der Waals surface area contributed by atoms with E-state index >= 15 is 0 Å². The van der Waals surface area contributed by atoms with Crippen molar-refractivity contribution in [1.29, 1.82) is 0 Å². The van der Waals surface area contributed by atoms with Crippen LogP contribution in [-0.4, -0.2) is 28.6 Å². The van der Waals surface area contributed by atoms with E-state index in [1.807, 2.05) is 17.8 Å². The smallest absolute Gasteiger partial charge is 0.170 e. The molecule has 2 rings (SSSR count). The first-order valence-electron chi connectivity index (χ1n) is 5.78. The molecule has 1 aromatic rings. The van der Waals surface area contributed by atoms with Gasteiger partial charge in [-0.2, -0.15) is 11.8 Å². The van der Waals surface area contributed by atoms with Crippen molar-refractivity contribution >= 4 is 29.2 Å². The molecule has 98 valence electrons. The lowest BCUT2D eigenvalue weighted by Gasteiger charge is -2.12. The number of rotatable bonds is 4. The van der Waals surface area contributed by atoms with E-state index in [2.05, 4.69) is 10.5 Å². The van der Waals surface area contributed by atoms with Crippen LogP contribution in [0.1, 0.15) is 17.5 Å². The highest BCUT2D eigenvalue weighted by Gasteiger charge is 2.15. The second-order valence-corrected chi connectivity index (χ2v) is 5.79. The van der Waals surface area contributed by atoms with Gasteiger partial charge >= 0.3 is 0 Å². The summed E-state index contributed by atoms with van der Waals surface area (Å²) in [4.78, 5) is 0. The molecule has 1 saturated heterocycles. The first kappa shape index (κ1) is 13.5. The molecule has 0 spiro atoms. The number of nitrogens with zero attached hydrogens (tertiary/aromatic N) is 1. The van der Waals surface area contributed by atoms with Gasteiger partial charge in [-0.25, -0.2) is 0 Å². The maximum atomic E-state index is 8.60. The third kappa shape index (κ3) is 3.31. The molecule has 1 aliphatic heterocycles. The zero-order valence-corrected chi connectivity index (χ0v) is 11.5. The average Bonchev–Trinajstić information content (AvgIpc) is 2.89. The summed E-state index contributed by atoms with van der Waals surface area (Å²) in [6.45, 7) is 0.751. The molecule has 4 nitrogen and oxygen atoms in total. The maximum Gasteiger partial charge on any atom is 0.170 e. The van der Waals surface area contributed by atoms with Crippen molar-refractivity contribution in [3.05, 3.63) is 34.3 Å². The van der Waals surface area contributed by atoms with Gasteiger partial charge in [0.2, 0.25) is 0 Å². The number of hydrogen-bond donors (Lipinski definition) is 3. The normalized spacial score (nSPS) is 20.3. The van der Waals surface area contributed by atoms with Crippen LogP contribution >= 0.6 is 23.4 Å². The molecule has 1 aliphatic rings. The van der Waals surface area contributed by atoms with Crippen molar-refractivity contribution < 1.29 is 5.21 Å². The molecule has 1 unspecified atom stereocenters. The van der Waals surface area contributed by atoms with E-state index < -0.39 is 0 Å². The Bertz CT molecular complexity index is 447. The van der Waals surface area contributed by atoms with Crippen LogP contribution in [0.25, 0.3) is 0 Å². The summed E-state index contributed by atoms with van der Waals surface area (Å²) in [5.74, 6) is 2.47. The zero-order chi connectivity index (χ0) is 13.0. The summed E-state index contributed by atoms with van der Waals surface area (Å²) >= 11 is 8.15. The summed E-state index contributed by atoms with van der Waals surface area (Å²) < 4.78 is 0. The minimum Gasteiger partial charge on any atom is -0.409 e. The number of benzene rings is 1. The SMILES string of the molecule is N/C(=N/O)c1ccc(CNC2CCSC2)c(Cl)c1.